The van der Waals surface area contributed by atoms with Gasteiger partial charge < -0.3 is 10.2 Å². The highest BCUT2D eigenvalue weighted by atomic mass is 32.2. The highest BCUT2D eigenvalue weighted by Gasteiger charge is 2.16. The van der Waals surface area contributed by atoms with Crippen LogP contribution in [-0.4, -0.2) is 49.1 Å². The summed E-state index contributed by atoms with van der Waals surface area (Å²) in [6.07, 6.45) is 9.04. The summed E-state index contributed by atoms with van der Waals surface area (Å²) in [5, 5.41) is 3.53. The molecule has 2 nitrogen and oxygen atoms in total. The molecule has 1 atom stereocenters. The average Bonchev–Trinajstić information content (AvgIpc) is 2.30. The summed E-state index contributed by atoms with van der Waals surface area (Å²) in [6.45, 7) is 7.38. The maximum atomic E-state index is 3.53. The van der Waals surface area contributed by atoms with Gasteiger partial charge in [-0.3, -0.25) is 0 Å². The van der Waals surface area contributed by atoms with Crippen LogP contribution in [0.4, 0.5) is 0 Å². The third kappa shape index (κ3) is 6.12. The van der Waals surface area contributed by atoms with E-state index in [-0.39, 0.29) is 0 Å². The van der Waals surface area contributed by atoms with Gasteiger partial charge in [-0.1, -0.05) is 6.42 Å². The van der Waals surface area contributed by atoms with Crippen molar-refractivity contribution in [3.63, 3.8) is 0 Å². The van der Waals surface area contributed by atoms with E-state index >= 15 is 0 Å². The minimum absolute atomic E-state index is 0.824. The fourth-order valence-electron chi connectivity index (χ4n) is 2.36. The van der Waals surface area contributed by atoms with E-state index in [4.69, 9.17) is 0 Å². The largest absolute Gasteiger partial charge is 0.317 e. The number of nitrogens with zero attached hydrogens (tertiary/aromatic N) is 1. The number of likely N-dealkylation sites (tertiary alicyclic amines) is 1. The van der Waals surface area contributed by atoms with Crippen LogP contribution in [0.15, 0.2) is 0 Å². The molecule has 0 bridgehead atoms. The Morgan fingerprint density at radius 1 is 1.25 bits per heavy atom. The lowest BCUT2D eigenvalue weighted by molar-refractivity contribution is 0.159. The van der Waals surface area contributed by atoms with E-state index < -0.39 is 0 Å². The van der Waals surface area contributed by atoms with Gasteiger partial charge in [-0.25, -0.2) is 0 Å². The van der Waals surface area contributed by atoms with Gasteiger partial charge >= 0.3 is 0 Å². The van der Waals surface area contributed by atoms with E-state index in [0.29, 0.717) is 0 Å². The van der Waals surface area contributed by atoms with Gasteiger partial charge in [0.05, 0.1) is 0 Å². The van der Waals surface area contributed by atoms with Crippen LogP contribution in [0.1, 0.15) is 39.0 Å². The summed E-state index contributed by atoms with van der Waals surface area (Å²) >= 11 is 1.94. The van der Waals surface area contributed by atoms with Gasteiger partial charge in [-0.15, -0.1) is 0 Å². The Labute approximate surface area is 106 Å². The molecule has 1 fully saturated rings. The molecule has 1 heterocycles. The molecule has 0 spiro atoms. The number of hydrogen-bond donors (Lipinski definition) is 1. The number of thioether (sulfide) groups is 1. The van der Waals surface area contributed by atoms with Crippen molar-refractivity contribution in [3.05, 3.63) is 0 Å². The molecule has 1 rings (SSSR count). The molecule has 1 aliphatic heterocycles. The number of nitrogens with one attached hydrogen (secondary N) is 1. The summed E-state index contributed by atoms with van der Waals surface area (Å²) in [7, 11) is 0. The van der Waals surface area contributed by atoms with Crippen molar-refractivity contribution in [3.8, 4) is 0 Å². The van der Waals surface area contributed by atoms with Crippen LogP contribution < -0.4 is 5.32 Å². The third-order valence-corrected chi connectivity index (χ3v) is 4.14. The van der Waals surface area contributed by atoms with E-state index in [1.165, 1.54) is 64.0 Å². The molecule has 0 amide bonds. The van der Waals surface area contributed by atoms with Crippen LogP contribution in [0.25, 0.3) is 0 Å². The van der Waals surface area contributed by atoms with Gasteiger partial charge in [0.2, 0.25) is 0 Å². The summed E-state index contributed by atoms with van der Waals surface area (Å²) < 4.78 is 0. The van der Waals surface area contributed by atoms with Crippen LogP contribution in [0.3, 0.4) is 0 Å². The molecule has 0 aromatic rings. The normalized spacial score (nSPS) is 22.5. The van der Waals surface area contributed by atoms with Crippen molar-refractivity contribution in [2.75, 3.05) is 38.2 Å². The van der Waals surface area contributed by atoms with Gasteiger partial charge in [0.15, 0.2) is 0 Å². The second kappa shape index (κ2) is 9.32. The molecular weight excluding hydrogens is 216 g/mol. The predicted octanol–water partition coefficient (Wildman–Crippen LogP) is 2.59. The molecule has 0 aromatic heterocycles. The maximum absolute atomic E-state index is 3.53. The first-order valence-electron chi connectivity index (χ1n) is 6.78. The van der Waals surface area contributed by atoms with Crippen molar-refractivity contribution in [1.82, 2.24) is 10.2 Å². The molecule has 16 heavy (non-hydrogen) atoms. The zero-order valence-electron chi connectivity index (χ0n) is 11.0. The Balaban J connectivity index is 1.90. The first-order chi connectivity index (χ1) is 7.84. The van der Waals surface area contributed by atoms with Crippen LogP contribution in [0.5, 0.6) is 0 Å². The van der Waals surface area contributed by atoms with Crippen LogP contribution in [0, 0.1) is 0 Å². The fourth-order valence-corrected chi connectivity index (χ4v) is 2.80. The van der Waals surface area contributed by atoms with Crippen molar-refractivity contribution in [2.24, 2.45) is 0 Å². The molecule has 0 saturated carbocycles. The van der Waals surface area contributed by atoms with Crippen LogP contribution in [-0.2, 0) is 0 Å². The lowest BCUT2D eigenvalue weighted by Crippen LogP contribution is -2.38. The lowest BCUT2D eigenvalue weighted by Gasteiger charge is -2.33. The van der Waals surface area contributed by atoms with Crippen molar-refractivity contribution >= 4 is 11.8 Å². The standard InChI is InChI=1S/C13H28N2S/c1-13-7-3-4-10-15(13)11-5-8-14-9-6-12-16-2/h13-14H,3-12H2,1-2H3. The number of hydrogen-bond acceptors (Lipinski definition) is 3. The fraction of sp³-hybridized carbons (Fsp3) is 1.00. The van der Waals surface area contributed by atoms with E-state index in [1.807, 2.05) is 11.8 Å². The summed E-state index contributed by atoms with van der Waals surface area (Å²) in [5.41, 5.74) is 0. The SMILES string of the molecule is CSCCCNCCCN1CCCCC1C. The Hall–Kier alpha value is 0.270. The first-order valence-corrected chi connectivity index (χ1v) is 8.17. The Bertz CT molecular complexity index is 164. The van der Waals surface area contributed by atoms with E-state index in [2.05, 4.69) is 23.4 Å². The maximum Gasteiger partial charge on any atom is 0.00669 e. The molecule has 96 valence electrons. The minimum atomic E-state index is 0.824. The molecule has 1 N–H and O–H groups in total. The van der Waals surface area contributed by atoms with Gasteiger partial charge in [0, 0.05) is 6.04 Å². The van der Waals surface area contributed by atoms with Gasteiger partial charge in [-0.2, -0.15) is 11.8 Å². The topological polar surface area (TPSA) is 15.3 Å². The van der Waals surface area contributed by atoms with Crippen molar-refractivity contribution < 1.29 is 0 Å². The molecule has 1 saturated heterocycles. The quantitative estimate of drug-likeness (QED) is 0.661. The molecule has 1 aliphatic rings. The van der Waals surface area contributed by atoms with Gasteiger partial charge in [0.25, 0.3) is 0 Å². The van der Waals surface area contributed by atoms with Crippen molar-refractivity contribution in [1.29, 1.82) is 0 Å². The Morgan fingerprint density at radius 2 is 2.06 bits per heavy atom. The molecule has 0 aliphatic carbocycles. The smallest absolute Gasteiger partial charge is 0.00669 e. The number of rotatable bonds is 8. The second-order valence-corrected chi connectivity index (χ2v) is 5.82. The first kappa shape index (κ1) is 14.3. The Morgan fingerprint density at radius 3 is 2.81 bits per heavy atom. The monoisotopic (exact) mass is 244 g/mol. The third-order valence-electron chi connectivity index (χ3n) is 3.44. The lowest BCUT2D eigenvalue weighted by atomic mass is 10.0. The number of piperidine rings is 1. The highest BCUT2D eigenvalue weighted by molar-refractivity contribution is 7.98. The highest BCUT2D eigenvalue weighted by Crippen LogP contribution is 2.15. The summed E-state index contributed by atoms with van der Waals surface area (Å²) in [5.74, 6) is 1.29. The van der Waals surface area contributed by atoms with Gasteiger partial charge in [-0.05, 0) is 70.8 Å². The molecule has 0 aromatic carbocycles. The molecule has 0 radical (unpaired) electrons. The van der Waals surface area contributed by atoms with E-state index in [1.54, 1.807) is 0 Å². The van der Waals surface area contributed by atoms with Crippen LogP contribution >= 0.6 is 11.8 Å². The summed E-state index contributed by atoms with van der Waals surface area (Å²) in [6, 6.07) is 0.824. The molecule has 3 heteroatoms. The zero-order valence-corrected chi connectivity index (χ0v) is 11.8. The predicted molar refractivity (Wildman–Crippen MR) is 75.4 cm³/mol. The van der Waals surface area contributed by atoms with E-state index in [0.717, 1.165) is 6.04 Å². The van der Waals surface area contributed by atoms with Crippen LogP contribution in [0.2, 0.25) is 0 Å². The molecule has 1 unspecified atom stereocenters. The van der Waals surface area contributed by atoms with E-state index in [9.17, 15) is 0 Å². The minimum Gasteiger partial charge on any atom is -0.317 e. The Kier molecular flexibility index (Phi) is 8.34. The molecular formula is C13H28N2S. The van der Waals surface area contributed by atoms with Gasteiger partial charge in [0.1, 0.15) is 0 Å². The average molecular weight is 244 g/mol. The van der Waals surface area contributed by atoms with Crippen molar-refractivity contribution in [2.45, 2.75) is 45.1 Å². The second-order valence-electron chi connectivity index (χ2n) is 4.83. The summed E-state index contributed by atoms with van der Waals surface area (Å²) in [4.78, 5) is 2.66. The zero-order chi connectivity index (χ0) is 11.6.